The van der Waals surface area contributed by atoms with Crippen molar-refractivity contribution in [2.45, 2.75) is 45.1 Å². The molecule has 0 bridgehead atoms. The summed E-state index contributed by atoms with van der Waals surface area (Å²) in [5.74, 6) is -7.37. The third-order valence-corrected chi connectivity index (χ3v) is 7.88. The smallest absolute Gasteiger partial charge is 0.255 e. The van der Waals surface area contributed by atoms with Gasteiger partial charge >= 0.3 is 0 Å². The molecular weight excluding hydrogens is 438 g/mol. The van der Waals surface area contributed by atoms with Crippen molar-refractivity contribution in [3.8, 4) is 5.75 Å². The topological polar surface area (TPSA) is 158 Å². The molecule has 0 heterocycles. The van der Waals surface area contributed by atoms with E-state index in [9.17, 15) is 34.8 Å². The van der Waals surface area contributed by atoms with Crippen LogP contribution < -0.4 is 5.73 Å². The molecule has 1 amide bonds. The van der Waals surface area contributed by atoms with Crippen LogP contribution >= 0.6 is 0 Å². The van der Waals surface area contributed by atoms with Gasteiger partial charge in [-0.1, -0.05) is 45.1 Å². The SMILES string of the molecule is C=C(C[C@H]1[C@H]2C(=C(O)c3c(O)cccc3[C@@H]2C)C(=O)[C@]2(O)C(O)=C(C(N)=O)C(=O)C[C@H]12)C(C)C. The first-order valence-corrected chi connectivity index (χ1v) is 11.3. The molecule has 1 aromatic rings. The first-order chi connectivity index (χ1) is 15.8. The Morgan fingerprint density at radius 3 is 2.47 bits per heavy atom. The van der Waals surface area contributed by atoms with E-state index < -0.39 is 57.9 Å². The predicted octanol–water partition coefficient (Wildman–Crippen LogP) is 2.81. The van der Waals surface area contributed by atoms with Crippen LogP contribution in [0.1, 0.15) is 50.7 Å². The predicted molar refractivity (Wildman–Crippen MR) is 124 cm³/mol. The Hall–Kier alpha value is -3.39. The number of Topliss-reactive ketones (excluding diaryl/α,β-unsaturated/α-hetero) is 2. The lowest BCUT2D eigenvalue weighted by molar-refractivity contribution is -0.153. The van der Waals surface area contributed by atoms with Gasteiger partial charge < -0.3 is 26.2 Å². The second kappa shape index (κ2) is 7.84. The Kier molecular flexibility index (Phi) is 5.48. The number of rotatable bonds is 4. The molecule has 5 atom stereocenters. The number of nitrogens with two attached hydrogens (primary N) is 1. The zero-order valence-electron chi connectivity index (χ0n) is 19.3. The summed E-state index contributed by atoms with van der Waals surface area (Å²) in [5.41, 5.74) is 3.24. The Labute approximate surface area is 197 Å². The molecule has 8 nitrogen and oxygen atoms in total. The number of phenols is 1. The summed E-state index contributed by atoms with van der Waals surface area (Å²) in [6.45, 7) is 9.88. The largest absolute Gasteiger partial charge is 0.508 e. The number of aliphatic hydroxyl groups excluding tert-OH is 2. The van der Waals surface area contributed by atoms with E-state index in [1.54, 1.807) is 12.1 Å². The summed E-state index contributed by atoms with van der Waals surface area (Å²) in [7, 11) is 0. The number of carbonyl (C=O) groups excluding carboxylic acids is 3. The van der Waals surface area contributed by atoms with Gasteiger partial charge in [0.15, 0.2) is 11.4 Å². The molecule has 0 radical (unpaired) electrons. The monoisotopic (exact) mass is 467 g/mol. The van der Waals surface area contributed by atoms with Gasteiger partial charge in [0.25, 0.3) is 5.91 Å². The Bertz CT molecular complexity index is 1210. The van der Waals surface area contributed by atoms with Crippen LogP contribution in [0.25, 0.3) is 5.76 Å². The third-order valence-electron chi connectivity index (χ3n) is 7.88. The molecule has 3 aliphatic carbocycles. The van der Waals surface area contributed by atoms with Crippen molar-refractivity contribution in [3.63, 3.8) is 0 Å². The zero-order chi connectivity index (χ0) is 25.3. The van der Waals surface area contributed by atoms with E-state index in [1.807, 2.05) is 20.8 Å². The molecule has 4 rings (SSSR count). The number of primary amides is 1. The normalized spacial score (nSPS) is 30.7. The number of aromatic hydroxyl groups is 1. The minimum absolute atomic E-state index is 0.0617. The molecule has 0 aromatic heterocycles. The fraction of sp³-hybridized carbons (Fsp3) is 0.423. The van der Waals surface area contributed by atoms with Gasteiger partial charge in [0.2, 0.25) is 5.78 Å². The molecule has 34 heavy (non-hydrogen) atoms. The van der Waals surface area contributed by atoms with Gasteiger partial charge in [-0.3, -0.25) is 14.4 Å². The molecule has 6 N–H and O–H groups in total. The summed E-state index contributed by atoms with van der Waals surface area (Å²) in [6, 6.07) is 4.78. The molecule has 1 aromatic carbocycles. The number of aliphatic hydroxyl groups is 3. The minimum Gasteiger partial charge on any atom is -0.508 e. The number of fused-ring (bicyclic) bond motifs is 3. The van der Waals surface area contributed by atoms with Gasteiger partial charge in [-0.05, 0) is 35.8 Å². The van der Waals surface area contributed by atoms with Crippen LogP contribution in [0.2, 0.25) is 0 Å². The zero-order valence-corrected chi connectivity index (χ0v) is 19.3. The van der Waals surface area contributed by atoms with Crippen LogP contribution in [0.3, 0.4) is 0 Å². The number of ketones is 2. The first kappa shape index (κ1) is 23.8. The molecule has 1 fully saturated rings. The number of benzene rings is 1. The van der Waals surface area contributed by atoms with Crippen molar-refractivity contribution < 1.29 is 34.8 Å². The number of allylic oxidation sites excluding steroid dienone is 1. The van der Waals surface area contributed by atoms with Gasteiger partial charge in [-0.2, -0.15) is 0 Å². The lowest BCUT2D eigenvalue weighted by Gasteiger charge is -2.52. The highest BCUT2D eigenvalue weighted by molar-refractivity contribution is 6.22. The molecule has 0 saturated heterocycles. The van der Waals surface area contributed by atoms with Crippen molar-refractivity contribution in [2.75, 3.05) is 0 Å². The molecule has 180 valence electrons. The van der Waals surface area contributed by atoms with E-state index >= 15 is 0 Å². The van der Waals surface area contributed by atoms with E-state index in [2.05, 4.69) is 6.58 Å². The summed E-state index contributed by atoms with van der Waals surface area (Å²) in [4.78, 5) is 38.5. The fourth-order valence-electron chi connectivity index (χ4n) is 5.98. The fourth-order valence-corrected chi connectivity index (χ4v) is 5.98. The number of hydrogen-bond donors (Lipinski definition) is 5. The van der Waals surface area contributed by atoms with Crippen LogP contribution in [0.4, 0.5) is 0 Å². The van der Waals surface area contributed by atoms with Crippen LogP contribution in [-0.4, -0.2) is 43.5 Å². The van der Waals surface area contributed by atoms with Crippen molar-refractivity contribution in [1.29, 1.82) is 0 Å². The van der Waals surface area contributed by atoms with Crippen LogP contribution in [0.15, 0.2) is 47.3 Å². The Morgan fingerprint density at radius 2 is 1.88 bits per heavy atom. The maximum atomic E-state index is 13.8. The van der Waals surface area contributed by atoms with Crippen LogP contribution in [0, 0.1) is 23.7 Å². The number of hydrogen-bond acceptors (Lipinski definition) is 7. The first-order valence-electron chi connectivity index (χ1n) is 11.3. The molecular formula is C26H29NO7. The number of carbonyl (C=O) groups is 3. The standard InChI is InChI=1S/C26H29NO7/c1-10(2)11(3)8-14-15-9-17(29)20(25(27)33)23(31)26(15,34)24(32)21-18(14)12(4)13-6-5-7-16(28)19(13)22(21)30/h5-7,10,12,14-15,18,28,30-31,34H,3,8-9H2,1-2,4H3,(H2,27,33)/t12-,14+,15+,18-,26+/m0/s1. The van der Waals surface area contributed by atoms with Crippen LogP contribution in [-0.2, 0) is 14.4 Å². The van der Waals surface area contributed by atoms with Gasteiger partial charge in [-0.25, -0.2) is 0 Å². The van der Waals surface area contributed by atoms with E-state index in [4.69, 9.17) is 5.73 Å². The van der Waals surface area contributed by atoms with Crippen molar-refractivity contribution in [1.82, 2.24) is 0 Å². The van der Waals surface area contributed by atoms with E-state index in [1.165, 1.54) is 6.07 Å². The second-order valence-corrected chi connectivity index (χ2v) is 9.92. The van der Waals surface area contributed by atoms with E-state index in [0.717, 1.165) is 5.57 Å². The summed E-state index contributed by atoms with van der Waals surface area (Å²) >= 11 is 0. The van der Waals surface area contributed by atoms with Crippen molar-refractivity contribution in [3.05, 3.63) is 58.4 Å². The highest BCUT2D eigenvalue weighted by Gasteiger charge is 2.64. The molecule has 0 aliphatic heterocycles. The van der Waals surface area contributed by atoms with Gasteiger partial charge in [0.05, 0.1) is 5.56 Å². The van der Waals surface area contributed by atoms with Crippen LogP contribution in [0.5, 0.6) is 5.75 Å². The number of phenolic OH excluding ortho intramolecular Hbond substituents is 1. The molecule has 0 unspecified atom stereocenters. The summed E-state index contributed by atoms with van der Waals surface area (Å²) in [6.07, 6.45) is -0.0604. The Morgan fingerprint density at radius 1 is 1.24 bits per heavy atom. The minimum atomic E-state index is -2.62. The molecule has 1 saturated carbocycles. The van der Waals surface area contributed by atoms with Gasteiger partial charge in [0.1, 0.15) is 22.8 Å². The second-order valence-electron chi connectivity index (χ2n) is 9.92. The van der Waals surface area contributed by atoms with E-state index in [-0.39, 0.29) is 35.1 Å². The maximum Gasteiger partial charge on any atom is 0.255 e. The highest BCUT2D eigenvalue weighted by atomic mass is 16.3. The van der Waals surface area contributed by atoms with Crippen molar-refractivity contribution >= 4 is 23.2 Å². The number of amides is 1. The highest BCUT2D eigenvalue weighted by Crippen LogP contribution is 2.59. The molecule has 3 aliphatic rings. The summed E-state index contributed by atoms with van der Waals surface area (Å²) < 4.78 is 0. The lowest BCUT2D eigenvalue weighted by Crippen LogP contribution is -2.62. The van der Waals surface area contributed by atoms with Crippen molar-refractivity contribution in [2.24, 2.45) is 29.4 Å². The molecule has 0 spiro atoms. The van der Waals surface area contributed by atoms with Gasteiger partial charge in [0, 0.05) is 23.8 Å². The Balaban J connectivity index is 2.04. The third kappa shape index (κ3) is 3.05. The maximum absolute atomic E-state index is 13.8. The van der Waals surface area contributed by atoms with Gasteiger partial charge in [-0.15, -0.1) is 0 Å². The van der Waals surface area contributed by atoms with E-state index in [0.29, 0.717) is 12.0 Å². The lowest BCUT2D eigenvalue weighted by atomic mass is 9.51. The molecule has 8 heteroatoms. The average molecular weight is 468 g/mol. The quantitative estimate of drug-likeness (QED) is 0.336. The summed E-state index contributed by atoms with van der Waals surface area (Å²) in [5, 5.41) is 44.3. The average Bonchev–Trinajstić information content (AvgIpc) is 2.75.